The standard InChI is InChI=1S/C24H21N3O4/c1-3-14-8-6-9-16-17(12-25-21(14)16)18(28)13-27-22(29)24(2,26-23(27)30)20-11-15-7-4-5-10-19(15)31-20/h4-12,25H,3,13H2,1-2H3,(H,26,30)/t24-/m0/s1. The van der Waals surface area contributed by atoms with Crippen LogP contribution in [0.5, 0.6) is 0 Å². The first-order valence-corrected chi connectivity index (χ1v) is 10.2. The molecule has 7 nitrogen and oxygen atoms in total. The lowest BCUT2D eigenvalue weighted by Gasteiger charge is -2.18. The van der Waals surface area contributed by atoms with Gasteiger partial charge in [-0.2, -0.15) is 0 Å². The molecule has 1 aliphatic rings. The summed E-state index contributed by atoms with van der Waals surface area (Å²) >= 11 is 0. The van der Waals surface area contributed by atoms with E-state index in [1.807, 2.05) is 43.3 Å². The summed E-state index contributed by atoms with van der Waals surface area (Å²) in [6.45, 7) is 3.29. The van der Waals surface area contributed by atoms with Crippen molar-refractivity contribution < 1.29 is 18.8 Å². The highest BCUT2D eigenvalue weighted by molar-refractivity contribution is 6.14. The highest BCUT2D eigenvalue weighted by Crippen LogP contribution is 2.33. The summed E-state index contributed by atoms with van der Waals surface area (Å²) in [7, 11) is 0. The zero-order valence-electron chi connectivity index (χ0n) is 17.2. The van der Waals surface area contributed by atoms with Crippen molar-refractivity contribution in [3.63, 3.8) is 0 Å². The molecular formula is C24H21N3O4. The largest absolute Gasteiger partial charge is 0.458 e. The van der Waals surface area contributed by atoms with Crippen LogP contribution in [0.15, 0.2) is 59.1 Å². The van der Waals surface area contributed by atoms with Crippen LogP contribution in [-0.4, -0.2) is 34.2 Å². The van der Waals surface area contributed by atoms with Crippen LogP contribution in [0, 0.1) is 0 Å². The third-order valence-corrected chi connectivity index (χ3v) is 5.98. The van der Waals surface area contributed by atoms with Crippen LogP contribution in [0.25, 0.3) is 21.9 Å². The molecule has 2 aromatic carbocycles. The Morgan fingerprint density at radius 2 is 1.94 bits per heavy atom. The molecular weight excluding hydrogens is 394 g/mol. The molecule has 5 rings (SSSR count). The average molecular weight is 415 g/mol. The molecule has 4 aromatic rings. The van der Waals surface area contributed by atoms with Gasteiger partial charge in [0.2, 0.25) is 0 Å². The summed E-state index contributed by atoms with van der Waals surface area (Å²) in [5.41, 5.74) is 1.72. The van der Waals surface area contributed by atoms with Gasteiger partial charge in [0.25, 0.3) is 5.91 Å². The van der Waals surface area contributed by atoms with Crippen LogP contribution in [0.2, 0.25) is 0 Å². The van der Waals surface area contributed by atoms with Gasteiger partial charge in [0.05, 0.1) is 6.54 Å². The van der Waals surface area contributed by atoms with Crippen molar-refractivity contribution in [1.82, 2.24) is 15.2 Å². The number of imide groups is 1. The summed E-state index contributed by atoms with van der Waals surface area (Å²) < 4.78 is 5.83. The maximum Gasteiger partial charge on any atom is 0.325 e. The van der Waals surface area contributed by atoms with Crippen LogP contribution in [-0.2, 0) is 16.8 Å². The molecule has 0 spiro atoms. The summed E-state index contributed by atoms with van der Waals surface area (Å²) in [6, 6.07) is 14.3. The number of H-pyrrole nitrogens is 1. The lowest BCUT2D eigenvalue weighted by Crippen LogP contribution is -2.41. The number of nitrogens with one attached hydrogen (secondary N) is 2. The molecule has 31 heavy (non-hydrogen) atoms. The van der Waals surface area contributed by atoms with E-state index in [0.29, 0.717) is 16.9 Å². The van der Waals surface area contributed by atoms with Gasteiger partial charge in [-0.05, 0) is 31.0 Å². The smallest absolute Gasteiger partial charge is 0.325 e. The molecule has 2 aromatic heterocycles. The van der Waals surface area contributed by atoms with E-state index in [-0.39, 0.29) is 12.3 Å². The minimum absolute atomic E-state index is 0.308. The molecule has 0 bridgehead atoms. The molecule has 3 heterocycles. The molecule has 2 N–H and O–H groups in total. The number of hydrogen-bond donors (Lipinski definition) is 2. The van der Waals surface area contributed by atoms with Crippen molar-refractivity contribution >= 4 is 39.6 Å². The molecule has 7 heteroatoms. The van der Waals surface area contributed by atoms with Gasteiger partial charge in [-0.15, -0.1) is 0 Å². The number of nitrogens with zero attached hydrogens (tertiary/aromatic N) is 1. The Morgan fingerprint density at radius 1 is 1.13 bits per heavy atom. The number of carbonyl (C=O) groups is 3. The number of para-hydroxylation sites is 2. The molecule has 3 amide bonds. The number of Topliss-reactive ketones (excluding diaryl/α,β-unsaturated/α-hetero) is 1. The number of benzene rings is 2. The lowest BCUT2D eigenvalue weighted by atomic mass is 9.98. The zero-order chi connectivity index (χ0) is 21.8. The van der Waals surface area contributed by atoms with Crippen molar-refractivity contribution in [2.75, 3.05) is 6.54 Å². The predicted molar refractivity (Wildman–Crippen MR) is 116 cm³/mol. The second-order valence-corrected chi connectivity index (χ2v) is 7.91. The number of amides is 3. The van der Waals surface area contributed by atoms with Gasteiger partial charge in [-0.3, -0.25) is 14.5 Å². The molecule has 0 aliphatic carbocycles. The fourth-order valence-electron chi connectivity index (χ4n) is 4.21. The summed E-state index contributed by atoms with van der Waals surface area (Å²) in [5.74, 6) is -0.488. The molecule has 156 valence electrons. The number of rotatable bonds is 5. The van der Waals surface area contributed by atoms with Gasteiger partial charge in [-0.25, -0.2) is 4.79 Å². The Kier molecular flexibility index (Phi) is 4.22. The van der Waals surface area contributed by atoms with E-state index in [2.05, 4.69) is 10.3 Å². The van der Waals surface area contributed by atoms with Gasteiger partial charge in [-0.1, -0.05) is 43.3 Å². The van der Waals surface area contributed by atoms with Crippen molar-refractivity contribution in [2.24, 2.45) is 0 Å². The fraction of sp³-hybridized carbons (Fsp3) is 0.208. The van der Waals surface area contributed by atoms with E-state index < -0.39 is 17.5 Å². The van der Waals surface area contributed by atoms with E-state index in [0.717, 1.165) is 33.2 Å². The SMILES string of the molecule is CCc1cccc2c(C(=O)CN3C(=O)N[C@@](C)(c4cc5ccccc5o4)C3=O)c[nH]c12. The van der Waals surface area contributed by atoms with Gasteiger partial charge >= 0.3 is 6.03 Å². The number of urea groups is 1. The van der Waals surface area contributed by atoms with Crippen LogP contribution in [0.3, 0.4) is 0 Å². The fourth-order valence-corrected chi connectivity index (χ4v) is 4.21. The number of hydrogen-bond acceptors (Lipinski definition) is 4. The first-order valence-electron chi connectivity index (χ1n) is 10.2. The number of aromatic nitrogens is 1. The Morgan fingerprint density at radius 3 is 2.71 bits per heavy atom. The number of fused-ring (bicyclic) bond motifs is 2. The first-order chi connectivity index (χ1) is 14.9. The molecule has 0 radical (unpaired) electrons. The van der Waals surface area contributed by atoms with Gasteiger partial charge < -0.3 is 14.7 Å². The van der Waals surface area contributed by atoms with Gasteiger partial charge in [0.15, 0.2) is 11.3 Å². The second-order valence-electron chi connectivity index (χ2n) is 7.91. The second kappa shape index (κ2) is 6.84. The number of carbonyl (C=O) groups excluding carboxylic acids is 3. The number of aromatic amines is 1. The van der Waals surface area contributed by atoms with Crippen molar-refractivity contribution in [3.8, 4) is 0 Å². The van der Waals surface area contributed by atoms with E-state index >= 15 is 0 Å². The summed E-state index contributed by atoms with van der Waals surface area (Å²) in [6.07, 6.45) is 2.47. The van der Waals surface area contributed by atoms with Crippen LogP contribution < -0.4 is 5.32 Å². The zero-order valence-corrected chi connectivity index (χ0v) is 17.2. The van der Waals surface area contributed by atoms with Crippen molar-refractivity contribution in [2.45, 2.75) is 25.8 Å². The average Bonchev–Trinajstić information content (AvgIpc) is 3.45. The van der Waals surface area contributed by atoms with E-state index in [4.69, 9.17) is 4.42 Å². The van der Waals surface area contributed by atoms with E-state index in [1.54, 1.807) is 25.3 Å². The highest BCUT2D eigenvalue weighted by Gasteiger charge is 2.51. The number of ketones is 1. The normalized spacial score (nSPS) is 18.8. The third kappa shape index (κ3) is 2.84. The molecule has 0 unspecified atom stereocenters. The molecule has 1 saturated heterocycles. The third-order valence-electron chi connectivity index (χ3n) is 5.98. The first kappa shape index (κ1) is 19.1. The van der Waals surface area contributed by atoms with Crippen molar-refractivity contribution in [3.05, 3.63) is 71.6 Å². The summed E-state index contributed by atoms with van der Waals surface area (Å²) in [5, 5.41) is 4.32. The maximum absolute atomic E-state index is 13.2. The summed E-state index contributed by atoms with van der Waals surface area (Å²) in [4.78, 5) is 43.0. The minimum atomic E-state index is -1.37. The monoisotopic (exact) mass is 415 g/mol. The van der Waals surface area contributed by atoms with E-state index in [1.165, 1.54) is 0 Å². The van der Waals surface area contributed by atoms with Crippen LogP contribution in [0.4, 0.5) is 4.79 Å². The molecule has 0 saturated carbocycles. The Labute approximate surface area is 178 Å². The number of furan rings is 1. The number of aryl methyl sites for hydroxylation is 1. The van der Waals surface area contributed by atoms with Crippen LogP contribution >= 0.6 is 0 Å². The molecule has 1 fully saturated rings. The quantitative estimate of drug-likeness (QED) is 0.378. The van der Waals surface area contributed by atoms with Gasteiger partial charge in [0.1, 0.15) is 11.3 Å². The molecule has 1 atom stereocenters. The molecule has 1 aliphatic heterocycles. The Bertz CT molecular complexity index is 1330. The minimum Gasteiger partial charge on any atom is -0.458 e. The van der Waals surface area contributed by atoms with Crippen molar-refractivity contribution in [1.29, 1.82) is 0 Å². The highest BCUT2D eigenvalue weighted by atomic mass is 16.3. The Balaban J connectivity index is 1.44. The maximum atomic E-state index is 13.2. The van der Waals surface area contributed by atoms with Crippen LogP contribution in [0.1, 0.15) is 35.5 Å². The Hall–Kier alpha value is -3.87. The predicted octanol–water partition coefficient (Wildman–Crippen LogP) is 4.13. The van der Waals surface area contributed by atoms with E-state index in [9.17, 15) is 14.4 Å². The lowest BCUT2D eigenvalue weighted by molar-refractivity contribution is -0.131. The topological polar surface area (TPSA) is 95.4 Å². The van der Waals surface area contributed by atoms with Gasteiger partial charge in [0, 0.05) is 28.0 Å².